The number of carbonyl (C=O) groups excluding carboxylic acids is 2. The van der Waals surface area contributed by atoms with Gasteiger partial charge in [-0.2, -0.15) is 0 Å². The summed E-state index contributed by atoms with van der Waals surface area (Å²) in [5, 5.41) is 0. The number of H-pyrrole nitrogens is 1. The molecule has 0 aromatic carbocycles. The molecule has 1 atom stereocenters. The molecule has 0 fully saturated rings. The summed E-state index contributed by atoms with van der Waals surface area (Å²) in [6, 6.07) is 0. The number of hydrogen-bond acceptors (Lipinski definition) is 3. The fourth-order valence-corrected chi connectivity index (χ4v) is 1.66. The maximum Gasteiger partial charge on any atom is 0.293 e. The van der Waals surface area contributed by atoms with Gasteiger partial charge in [0.2, 0.25) is 0 Å². The zero-order chi connectivity index (χ0) is 11.4. The van der Waals surface area contributed by atoms with Crippen molar-refractivity contribution >= 4 is 12.3 Å². The number of ketones is 1. The number of nitrogens with one attached hydrogen (secondary N) is 1. The average molecular weight is 209 g/mol. The second-order valence-electron chi connectivity index (χ2n) is 3.63. The smallest absolute Gasteiger partial charge is 0.293 e. The van der Waals surface area contributed by atoms with Gasteiger partial charge in [0.1, 0.15) is 0 Å². The second kappa shape index (κ2) is 4.77. The molecule has 1 N–H and O–H groups in total. The average Bonchev–Trinajstić information content (AvgIpc) is 2.56. The Morgan fingerprint density at radius 2 is 2.33 bits per heavy atom. The first-order chi connectivity index (χ1) is 7.07. The topological polar surface area (TPSA) is 59.2 Å². The van der Waals surface area contributed by atoms with Gasteiger partial charge in [0.15, 0.2) is 5.78 Å². The third-order valence-corrected chi connectivity index (χ3v) is 2.48. The number of aromatic nitrogens is 1. The van der Waals surface area contributed by atoms with Crippen LogP contribution in [0.1, 0.15) is 41.4 Å². The Balaban J connectivity index is 2.86. The van der Waals surface area contributed by atoms with Crippen molar-refractivity contribution in [3.8, 4) is 0 Å². The summed E-state index contributed by atoms with van der Waals surface area (Å²) in [6.45, 7) is 6.13. The Hall–Kier alpha value is -1.58. The van der Waals surface area contributed by atoms with Crippen molar-refractivity contribution in [1.82, 2.24) is 4.98 Å². The van der Waals surface area contributed by atoms with E-state index in [4.69, 9.17) is 4.74 Å². The highest BCUT2D eigenvalue weighted by Gasteiger charge is 2.15. The number of ether oxygens (including phenoxy) is 1. The summed E-state index contributed by atoms with van der Waals surface area (Å²) in [5.74, 6) is 0.113. The summed E-state index contributed by atoms with van der Waals surface area (Å²) in [4.78, 5) is 24.2. The van der Waals surface area contributed by atoms with Gasteiger partial charge in [0, 0.05) is 19.0 Å². The minimum absolute atomic E-state index is 0.0160. The van der Waals surface area contributed by atoms with Crippen LogP contribution >= 0.6 is 0 Å². The van der Waals surface area contributed by atoms with Gasteiger partial charge in [-0.05, 0) is 18.1 Å². The summed E-state index contributed by atoms with van der Waals surface area (Å²) in [5.41, 5.74) is 2.58. The lowest BCUT2D eigenvalue weighted by atomic mass is 10.00. The van der Waals surface area contributed by atoms with Crippen LogP contribution in [-0.4, -0.2) is 23.8 Å². The number of carbonyl (C=O) groups is 2. The third-order valence-electron chi connectivity index (χ3n) is 2.48. The zero-order valence-electron chi connectivity index (χ0n) is 9.16. The molecule has 1 aromatic rings. The predicted molar refractivity (Wildman–Crippen MR) is 56.0 cm³/mol. The number of rotatable bonds is 5. The van der Waals surface area contributed by atoms with Crippen LogP contribution in [0.3, 0.4) is 0 Å². The molecule has 4 nitrogen and oxygen atoms in total. The van der Waals surface area contributed by atoms with Gasteiger partial charge in [-0.25, -0.2) is 0 Å². The summed E-state index contributed by atoms with van der Waals surface area (Å²) in [7, 11) is 0. The molecule has 0 bridgehead atoms. The predicted octanol–water partition coefficient (Wildman–Crippen LogP) is 1.80. The van der Waals surface area contributed by atoms with E-state index in [9.17, 15) is 9.59 Å². The van der Waals surface area contributed by atoms with Gasteiger partial charge < -0.3 is 9.72 Å². The molecule has 0 radical (unpaired) electrons. The lowest BCUT2D eigenvalue weighted by molar-refractivity contribution is -0.129. The normalized spacial score (nSPS) is 12.2. The van der Waals surface area contributed by atoms with E-state index in [-0.39, 0.29) is 11.7 Å². The monoisotopic (exact) mass is 209 g/mol. The standard InChI is InChI=1S/C11H15NO3/c1-7(5-15-6-13)10-4-12-11(8(10)2)9(3)14/h4,6-7,12H,5H2,1-3H3. The second-order valence-corrected chi connectivity index (χ2v) is 3.63. The summed E-state index contributed by atoms with van der Waals surface area (Å²) >= 11 is 0. The van der Waals surface area contributed by atoms with Crippen molar-refractivity contribution in [2.24, 2.45) is 0 Å². The molecule has 1 unspecified atom stereocenters. The van der Waals surface area contributed by atoms with E-state index >= 15 is 0 Å². The molecule has 0 aliphatic carbocycles. The van der Waals surface area contributed by atoms with E-state index in [0.717, 1.165) is 11.1 Å². The van der Waals surface area contributed by atoms with E-state index in [1.807, 2.05) is 13.8 Å². The molecule has 0 saturated carbocycles. The van der Waals surface area contributed by atoms with Crippen molar-refractivity contribution in [3.63, 3.8) is 0 Å². The van der Waals surface area contributed by atoms with Crippen molar-refractivity contribution in [2.75, 3.05) is 6.61 Å². The summed E-state index contributed by atoms with van der Waals surface area (Å²) in [6.07, 6.45) is 1.80. The molecule has 1 aromatic heterocycles. The fraction of sp³-hybridized carbons (Fsp3) is 0.455. The molecule has 0 amide bonds. The lowest BCUT2D eigenvalue weighted by Gasteiger charge is -2.09. The highest BCUT2D eigenvalue weighted by atomic mass is 16.5. The molecular weight excluding hydrogens is 194 g/mol. The first-order valence-electron chi connectivity index (χ1n) is 4.82. The maximum absolute atomic E-state index is 11.2. The van der Waals surface area contributed by atoms with Crippen LogP contribution in [-0.2, 0) is 9.53 Å². The van der Waals surface area contributed by atoms with Gasteiger partial charge in [-0.15, -0.1) is 0 Å². The van der Waals surface area contributed by atoms with E-state index in [1.165, 1.54) is 6.92 Å². The molecule has 1 rings (SSSR count). The summed E-state index contributed by atoms with van der Waals surface area (Å²) < 4.78 is 4.70. The Morgan fingerprint density at radius 3 is 2.80 bits per heavy atom. The molecule has 4 heteroatoms. The van der Waals surface area contributed by atoms with Gasteiger partial charge in [0.25, 0.3) is 6.47 Å². The Labute approximate surface area is 88.6 Å². The third kappa shape index (κ3) is 2.46. The number of aromatic amines is 1. The Kier molecular flexibility index (Phi) is 3.66. The molecule has 82 valence electrons. The van der Waals surface area contributed by atoms with Gasteiger partial charge in [-0.3, -0.25) is 9.59 Å². The first-order valence-corrected chi connectivity index (χ1v) is 4.82. The van der Waals surface area contributed by atoms with Crippen LogP contribution in [0.15, 0.2) is 6.20 Å². The molecule has 0 aliphatic heterocycles. The van der Waals surface area contributed by atoms with E-state index in [1.54, 1.807) is 6.20 Å². The molecule has 15 heavy (non-hydrogen) atoms. The molecular formula is C11H15NO3. The van der Waals surface area contributed by atoms with Crippen molar-refractivity contribution in [2.45, 2.75) is 26.7 Å². The van der Waals surface area contributed by atoms with Crippen LogP contribution in [0.4, 0.5) is 0 Å². The largest absolute Gasteiger partial charge is 0.467 e. The van der Waals surface area contributed by atoms with Crippen molar-refractivity contribution in [1.29, 1.82) is 0 Å². The van der Waals surface area contributed by atoms with E-state index in [2.05, 4.69) is 4.98 Å². The highest BCUT2D eigenvalue weighted by molar-refractivity contribution is 5.94. The van der Waals surface area contributed by atoms with E-state index in [0.29, 0.717) is 18.8 Å². The molecule has 0 saturated heterocycles. The van der Waals surface area contributed by atoms with Crippen LogP contribution < -0.4 is 0 Å². The molecule has 0 aliphatic rings. The Morgan fingerprint density at radius 1 is 1.67 bits per heavy atom. The molecule has 1 heterocycles. The van der Waals surface area contributed by atoms with Gasteiger partial charge >= 0.3 is 0 Å². The van der Waals surface area contributed by atoms with Crippen molar-refractivity contribution < 1.29 is 14.3 Å². The maximum atomic E-state index is 11.2. The minimum atomic E-state index is 0.0160. The quantitative estimate of drug-likeness (QED) is 0.594. The van der Waals surface area contributed by atoms with Crippen molar-refractivity contribution in [3.05, 3.63) is 23.0 Å². The van der Waals surface area contributed by atoms with Crippen LogP contribution in [0.5, 0.6) is 0 Å². The number of Topliss-reactive ketones (excluding diaryl/α,β-unsaturated/α-hetero) is 1. The van der Waals surface area contributed by atoms with Crippen LogP contribution in [0.25, 0.3) is 0 Å². The minimum Gasteiger partial charge on any atom is -0.467 e. The lowest BCUT2D eigenvalue weighted by Crippen LogP contribution is -2.04. The van der Waals surface area contributed by atoms with E-state index < -0.39 is 0 Å². The zero-order valence-corrected chi connectivity index (χ0v) is 9.16. The van der Waals surface area contributed by atoms with Crippen LogP contribution in [0.2, 0.25) is 0 Å². The molecule has 0 spiro atoms. The van der Waals surface area contributed by atoms with Crippen LogP contribution in [0, 0.1) is 6.92 Å². The van der Waals surface area contributed by atoms with Gasteiger partial charge in [-0.1, -0.05) is 6.92 Å². The van der Waals surface area contributed by atoms with Gasteiger partial charge in [0.05, 0.1) is 12.3 Å². The highest BCUT2D eigenvalue weighted by Crippen LogP contribution is 2.22. The first kappa shape index (κ1) is 11.5. The SMILES string of the molecule is CC(=O)c1[nH]cc(C(C)COC=O)c1C. The Bertz CT molecular complexity index is 368. The number of hydrogen-bond donors (Lipinski definition) is 1. The fourth-order valence-electron chi connectivity index (χ4n) is 1.66.